The van der Waals surface area contributed by atoms with Crippen molar-refractivity contribution in [3.8, 4) is 45.5 Å². The van der Waals surface area contributed by atoms with Crippen molar-refractivity contribution < 1.29 is 38.1 Å². The van der Waals surface area contributed by atoms with Crippen LogP contribution in [0.5, 0.6) is 23.0 Å². The molecule has 2 aliphatic carbocycles. The lowest BCUT2D eigenvalue weighted by molar-refractivity contribution is 0.0984. The van der Waals surface area contributed by atoms with E-state index in [2.05, 4.69) is 73.3 Å². The molecule has 15 heteroatoms. The SMILES string of the molecule is COc1cc(OC)cc(C(=O)Cc2ccc(C)c(-c3ccc4c(C5(O)CC5)[nH]nc4n3)c2)c1.COc1cc(OC)cc(C(=O)Cc2ccc(C)c(-c3ccc4c(C5(O[Si](C)(C)C(C)(C)C)CC5)[nH]nc4n3)c2)c1. The molecular formula is C58H64N6O8Si. The normalized spacial score (nSPS) is 14.6. The Balaban J connectivity index is 0.000000183. The Hall–Kier alpha value is -7.20. The molecule has 8 aromatic rings. The first-order valence-corrected chi connectivity index (χ1v) is 27.5. The number of hydrogen-bond donors (Lipinski definition) is 3. The number of aliphatic hydroxyl groups is 1. The van der Waals surface area contributed by atoms with Gasteiger partial charge in [0.2, 0.25) is 0 Å². The summed E-state index contributed by atoms with van der Waals surface area (Å²) in [5.41, 5.74) is 10.5. The lowest BCUT2D eigenvalue weighted by atomic mass is 9.97. The van der Waals surface area contributed by atoms with Gasteiger partial charge in [0.25, 0.3) is 0 Å². The molecule has 0 aliphatic heterocycles. The van der Waals surface area contributed by atoms with Crippen molar-refractivity contribution in [1.29, 1.82) is 0 Å². The number of H-pyrrole nitrogens is 2. The minimum absolute atomic E-state index is 0.0104. The van der Waals surface area contributed by atoms with Crippen LogP contribution < -0.4 is 18.9 Å². The quantitative estimate of drug-likeness (QED) is 0.0616. The number of carbonyl (C=O) groups is 2. The van der Waals surface area contributed by atoms with Crippen LogP contribution in [0.3, 0.4) is 0 Å². The number of aryl methyl sites for hydroxylation is 2. The number of carbonyl (C=O) groups excluding carboxylic acids is 2. The van der Waals surface area contributed by atoms with Crippen molar-refractivity contribution in [1.82, 2.24) is 30.4 Å². The molecule has 0 spiro atoms. The number of Topliss-reactive ketones (excluding diaryl/α,β-unsaturated/α-hetero) is 2. The van der Waals surface area contributed by atoms with E-state index in [-0.39, 0.29) is 35.0 Å². The molecule has 3 N–H and O–H groups in total. The largest absolute Gasteiger partial charge is 0.497 e. The summed E-state index contributed by atoms with van der Waals surface area (Å²) in [6.45, 7) is 15.5. The van der Waals surface area contributed by atoms with Gasteiger partial charge in [-0.15, -0.1) is 0 Å². The Kier molecular flexibility index (Phi) is 13.7. The molecule has 378 valence electrons. The Labute approximate surface area is 427 Å². The van der Waals surface area contributed by atoms with Crippen LogP contribution in [0.15, 0.2) is 97.1 Å². The molecule has 0 amide bonds. The number of benzene rings is 4. The Morgan fingerprint density at radius 3 is 1.38 bits per heavy atom. The van der Waals surface area contributed by atoms with E-state index < -0.39 is 13.9 Å². The number of pyridine rings is 2. The van der Waals surface area contributed by atoms with Gasteiger partial charge >= 0.3 is 0 Å². The number of fused-ring (bicyclic) bond motifs is 2. The van der Waals surface area contributed by atoms with Crippen molar-refractivity contribution >= 4 is 42.0 Å². The maximum absolute atomic E-state index is 13.2. The highest BCUT2D eigenvalue weighted by molar-refractivity contribution is 6.74. The number of nitrogens with one attached hydrogen (secondary N) is 2. The summed E-state index contributed by atoms with van der Waals surface area (Å²) in [6, 6.07) is 30.5. The molecule has 2 saturated carbocycles. The summed E-state index contributed by atoms with van der Waals surface area (Å²) in [7, 11) is 4.32. The van der Waals surface area contributed by atoms with E-state index >= 15 is 0 Å². The zero-order valence-electron chi connectivity index (χ0n) is 43.6. The van der Waals surface area contributed by atoms with Crippen LogP contribution in [0, 0.1) is 13.8 Å². The monoisotopic (exact) mass is 1000 g/mol. The highest BCUT2D eigenvalue weighted by Crippen LogP contribution is 2.55. The summed E-state index contributed by atoms with van der Waals surface area (Å²) in [5, 5.41) is 27.6. The van der Waals surface area contributed by atoms with Gasteiger partial charge in [0.15, 0.2) is 31.2 Å². The summed E-state index contributed by atoms with van der Waals surface area (Å²) in [4.78, 5) is 35.8. The summed E-state index contributed by atoms with van der Waals surface area (Å²) < 4.78 is 28.1. The van der Waals surface area contributed by atoms with Crippen molar-refractivity contribution in [2.75, 3.05) is 28.4 Å². The second kappa shape index (κ2) is 19.7. The first-order valence-electron chi connectivity index (χ1n) is 24.6. The zero-order chi connectivity index (χ0) is 52.0. The van der Waals surface area contributed by atoms with Gasteiger partial charge in [-0.1, -0.05) is 45.0 Å². The van der Waals surface area contributed by atoms with Crippen LogP contribution in [-0.2, 0) is 28.5 Å². The molecule has 0 unspecified atom stereocenters. The van der Waals surface area contributed by atoms with E-state index in [1.807, 2.05) is 55.5 Å². The Morgan fingerprint density at radius 1 is 0.589 bits per heavy atom. The first kappa shape index (κ1) is 50.7. The fourth-order valence-electron chi connectivity index (χ4n) is 8.95. The Morgan fingerprint density at radius 2 is 1.00 bits per heavy atom. The van der Waals surface area contributed by atoms with Gasteiger partial charge in [0.05, 0.1) is 56.8 Å². The molecule has 0 atom stereocenters. The van der Waals surface area contributed by atoms with Crippen molar-refractivity contribution in [2.24, 2.45) is 0 Å². The molecule has 2 fully saturated rings. The van der Waals surface area contributed by atoms with E-state index in [1.54, 1.807) is 64.8 Å². The van der Waals surface area contributed by atoms with E-state index in [0.29, 0.717) is 45.4 Å². The topological polar surface area (TPSA) is 184 Å². The highest BCUT2D eigenvalue weighted by atomic mass is 28.4. The van der Waals surface area contributed by atoms with Crippen LogP contribution in [0.1, 0.15) is 101 Å². The molecule has 14 nitrogen and oxygen atoms in total. The number of methoxy groups -OCH3 is 4. The lowest BCUT2D eigenvalue weighted by Crippen LogP contribution is -2.44. The third-order valence-electron chi connectivity index (χ3n) is 14.7. The van der Waals surface area contributed by atoms with Gasteiger partial charge in [-0.2, -0.15) is 10.2 Å². The predicted molar refractivity (Wildman–Crippen MR) is 286 cm³/mol. The fraction of sp³-hybridized carbons (Fsp3) is 0.345. The number of hydrogen-bond acceptors (Lipinski definition) is 12. The van der Waals surface area contributed by atoms with Crippen LogP contribution >= 0.6 is 0 Å². The minimum atomic E-state index is -1.96. The van der Waals surface area contributed by atoms with Crippen LogP contribution in [-0.4, -0.2) is 83.8 Å². The number of aromatic amines is 2. The van der Waals surface area contributed by atoms with E-state index in [4.69, 9.17) is 33.3 Å². The molecule has 10 rings (SSSR count). The van der Waals surface area contributed by atoms with Crippen LogP contribution in [0.4, 0.5) is 0 Å². The molecule has 4 aromatic carbocycles. The highest BCUT2D eigenvalue weighted by Gasteiger charge is 2.54. The molecule has 4 heterocycles. The number of ketones is 2. The average molecular weight is 1000 g/mol. The fourth-order valence-corrected chi connectivity index (χ4v) is 10.5. The minimum Gasteiger partial charge on any atom is -0.497 e. The third-order valence-corrected chi connectivity index (χ3v) is 19.2. The van der Waals surface area contributed by atoms with Gasteiger partial charge < -0.3 is 28.5 Å². The third kappa shape index (κ3) is 10.5. The number of aromatic nitrogens is 6. The zero-order valence-corrected chi connectivity index (χ0v) is 44.6. The second-order valence-electron chi connectivity index (χ2n) is 20.9. The molecule has 0 bridgehead atoms. The van der Waals surface area contributed by atoms with Crippen LogP contribution in [0.25, 0.3) is 44.6 Å². The summed E-state index contributed by atoms with van der Waals surface area (Å²) >= 11 is 0. The molecule has 2 aliphatic rings. The standard InChI is InChI=1S/C32H39N3O4Si.C26H25N3O4/c1-20-9-10-21(16-28(36)22-17-23(37-5)19-24(18-22)38-6)15-26(20)27-12-11-25-29(34-35-30(25)33-27)32(13-14-32)39-40(7,8)31(2,3)4;1-15-4-5-16(11-23(30)17-12-18(32-2)14-19(13-17)33-3)10-21(15)22-7-6-20-24(26(31)8-9-26)28-29-25(20)27-22/h9-12,15,17-19H,13-14,16H2,1-8H3,(H,33,34,35);4-7,10,12-14,31H,8-9,11H2,1-3H3,(H,27,28,29). The van der Waals surface area contributed by atoms with E-state index in [1.165, 1.54) is 0 Å². The van der Waals surface area contributed by atoms with E-state index in [0.717, 1.165) is 92.6 Å². The Bertz CT molecular complexity index is 3360. The maximum Gasteiger partial charge on any atom is 0.193 e. The van der Waals surface area contributed by atoms with E-state index in [9.17, 15) is 14.7 Å². The average Bonchev–Trinajstić information content (AvgIpc) is 4.22. The molecule has 0 saturated heterocycles. The summed E-state index contributed by atoms with van der Waals surface area (Å²) in [5.74, 6) is 2.30. The second-order valence-corrected chi connectivity index (χ2v) is 25.6. The molecule has 4 aromatic heterocycles. The van der Waals surface area contributed by atoms with Gasteiger partial charge in [0, 0.05) is 58.0 Å². The smallest absolute Gasteiger partial charge is 0.193 e. The summed E-state index contributed by atoms with van der Waals surface area (Å²) in [6.07, 6.45) is 3.96. The lowest BCUT2D eigenvalue weighted by Gasteiger charge is -2.39. The molecule has 0 radical (unpaired) electrons. The number of rotatable bonds is 16. The van der Waals surface area contributed by atoms with Crippen LogP contribution in [0.2, 0.25) is 18.1 Å². The van der Waals surface area contributed by atoms with Gasteiger partial charge in [-0.3, -0.25) is 19.8 Å². The predicted octanol–water partition coefficient (Wildman–Crippen LogP) is 11.7. The van der Waals surface area contributed by atoms with Gasteiger partial charge in [-0.05, 0) is 141 Å². The molecule has 73 heavy (non-hydrogen) atoms. The maximum atomic E-state index is 13.2. The van der Waals surface area contributed by atoms with Gasteiger partial charge in [0.1, 0.15) is 28.6 Å². The van der Waals surface area contributed by atoms with Crippen molar-refractivity contribution in [3.63, 3.8) is 0 Å². The molecular weight excluding hydrogens is 937 g/mol. The van der Waals surface area contributed by atoms with Gasteiger partial charge in [-0.25, -0.2) is 9.97 Å². The number of ether oxygens (including phenoxy) is 4. The van der Waals surface area contributed by atoms with Crippen molar-refractivity contribution in [2.45, 2.75) is 102 Å². The number of nitrogens with zero attached hydrogens (tertiary/aromatic N) is 4. The van der Waals surface area contributed by atoms with Crippen molar-refractivity contribution in [3.05, 3.63) is 142 Å². The first-order chi connectivity index (χ1) is 34.7.